The predicted octanol–water partition coefficient (Wildman–Crippen LogP) is 3.73. The van der Waals surface area contributed by atoms with E-state index in [0.717, 1.165) is 25.7 Å². The molecule has 230 valence electrons. The third-order valence-corrected chi connectivity index (χ3v) is 7.52. The lowest BCUT2D eigenvalue weighted by Crippen LogP contribution is -2.45. The van der Waals surface area contributed by atoms with E-state index in [-0.39, 0.29) is 37.0 Å². The first kappa shape index (κ1) is 35.7. The summed E-state index contributed by atoms with van der Waals surface area (Å²) in [6.07, 6.45) is 7.56. The molecule has 1 fully saturated rings. The van der Waals surface area contributed by atoms with Crippen LogP contribution < -0.4 is 0 Å². The van der Waals surface area contributed by atoms with Gasteiger partial charge in [0.15, 0.2) is 0 Å². The molecule has 0 amide bonds. The van der Waals surface area contributed by atoms with Crippen LogP contribution in [0.3, 0.4) is 0 Å². The molecule has 0 aromatic heterocycles. The highest BCUT2D eigenvalue weighted by Crippen LogP contribution is 2.25. The highest BCUT2D eigenvalue weighted by atomic mass is 16.9. The summed E-state index contributed by atoms with van der Waals surface area (Å²) in [4.78, 5) is 27.8. The lowest BCUT2D eigenvalue weighted by Gasteiger charge is -2.36. The summed E-state index contributed by atoms with van der Waals surface area (Å²) in [5.74, 6) is -3.47. The summed E-state index contributed by atoms with van der Waals surface area (Å²) in [5.41, 5.74) is 0. The number of ether oxygens (including phenoxy) is 8. The molecule has 0 bridgehead atoms. The number of rotatable bonds is 21. The standard InChI is InChI=1S/C28H53NO10/c1-22(25(30)38-18-12-16-27(32-3,33-4)34-5)20-29(24-14-10-9-11-15-24)21-23(2)26(31)39-19-13-17-28(35-6,36-7)37-8/h22-24H,9-21H2,1-8H3. The van der Waals surface area contributed by atoms with E-state index in [4.69, 9.17) is 37.9 Å². The van der Waals surface area contributed by atoms with Crippen LogP contribution in [0.25, 0.3) is 0 Å². The average Bonchev–Trinajstić information content (AvgIpc) is 2.97. The normalized spacial score (nSPS) is 16.7. The third kappa shape index (κ3) is 12.0. The summed E-state index contributed by atoms with van der Waals surface area (Å²) in [6.45, 7) is 5.28. The molecule has 11 heteroatoms. The van der Waals surface area contributed by atoms with E-state index in [2.05, 4.69) is 4.90 Å². The number of hydrogen-bond acceptors (Lipinski definition) is 11. The van der Waals surface area contributed by atoms with Crippen molar-refractivity contribution in [1.82, 2.24) is 4.90 Å². The van der Waals surface area contributed by atoms with Gasteiger partial charge in [-0.25, -0.2) is 0 Å². The van der Waals surface area contributed by atoms with Crippen molar-refractivity contribution < 1.29 is 47.5 Å². The first-order chi connectivity index (χ1) is 18.6. The lowest BCUT2D eigenvalue weighted by molar-refractivity contribution is -0.356. The van der Waals surface area contributed by atoms with Gasteiger partial charge in [-0.3, -0.25) is 14.5 Å². The van der Waals surface area contributed by atoms with Gasteiger partial charge in [0.05, 0.1) is 25.0 Å². The van der Waals surface area contributed by atoms with Crippen LogP contribution >= 0.6 is 0 Å². The van der Waals surface area contributed by atoms with E-state index in [1.54, 1.807) is 0 Å². The fraction of sp³-hybridized carbons (Fsp3) is 0.929. The maximum absolute atomic E-state index is 12.8. The molecule has 0 spiro atoms. The van der Waals surface area contributed by atoms with Crippen molar-refractivity contribution in [2.75, 3.05) is 69.0 Å². The minimum atomic E-state index is -1.14. The van der Waals surface area contributed by atoms with Gasteiger partial charge in [-0.05, 0) is 25.7 Å². The first-order valence-electron chi connectivity index (χ1n) is 14.0. The van der Waals surface area contributed by atoms with Gasteiger partial charge < -0.3 is 37.9 Å². The van der Waals surface area contributed by atoms with E-state index >= 15 is 0 Å². The van der Waals surface area contributed by atoms with Crippen LogP contribution in [0.5, 0.6) is 0 Å². The summed E-state index contributed by atoms with van der Waals surface area (Å²) >= 11 is 0. The Kier molecular flexibility index (Phi) is 17.3. The highest BCUT2D eigenvalue weighted by molar-refractivity contribution is 5.73. The van der Waals surface area contributed by atoms with Crippen LogP contribution in [-0.4, -0.2) is 104 Å². The fourth-order valence-corrected chi connectivity index (χ4v) is 4.99. The summed E-state index contributed by atoms with van der Waals surface area (Å²) in [6, 6.07) is 0.334. The van der Waals surface area contributed by atoms with Gasteiger partial charge in [-0.15, -0.1) is 0 Å². The zero-order valence-corrected chi connectivity index (χ0v) is 25.5. The van der Waals surface area contributed by atoms with E-state index in [0.29, 0.717) is 44.8 Å². The molecular formula is C28H53NO10. The molecule has 11 nitrogen and oxygen atoms in total. The van der Waals surface area contributed by atoms with E-state index in [1.807, 2.05) is 13.8 Å². The maximum Gasteiger partial charge on any atom is 0.309 e. The van der Waals surface area contributed by atoms with Crippen molar-refractivity contribution in [3.63, 3.8) is 0 Å². The molecular weight excluding hydrogens is 510 g/mol. The van der Waals surface area contributed by atoms with Crippen LogP contribution in [0.2, 0.25) is 0 Å². The Morgan fingerprint density at radius 2 is 1.03 bits per heavy atom. The molecule has 0 radical (unpaired) electrons. The molecule has 1 rings (SSSR count). The van der Waals surface area contributed by atoms with Gasteiger partial charge in [0.2, 0.25) is 0 Å². The zero-order chi connectivity index (χ0) is 29.3. The SMILES string of the molecule is COC(CCCOC(=O)C(C)CN(CC(C)C(=O)OCCCC(OC)(OC)OC)C1CCCCC1)(OC)OC. The highest BCUT2D eigenvalue weighted by Gasteiger charge is 2.32. The second-order valence-corrected chi connectivity index (χ2v) is 10.2. The van der Waals surface area contributed by atoms with Gasteiger partial charge in [0.1, 0.15) is 0 Å². The number of hydrogen-bond donors (Lipinski definition) is 0. The topological polar surface area (TPSA) is 111 Å². The van der Waals surface area contributed by atoms with Gasteiger partial charge in [0, 0.05) is 74.6 Å². The predicted molar refractivity (Wildman–Crippen MR) is 145 cm³/mol. The van der Waals surface area contributed by atoms with Crippen molar-refractivity contribution in [3.8, 4) is 0 Å². The second-order valence-electron chi connectivity index (χ2n) is 10.2. The fourth-order valence-electron chi connectivity index (χ4n) is 4.99. The molecule has 0 aromatic carbocycles. The molecule has 39 heavy (non-hydrogen) atoms. The number of methoxy groups -OCH3 is 6. The van der Waals surface area contributed by atoms with E-state index in [9.17, 15) is 9.59 Å². The summed E-state index contributed by atoms with van der Waals surface area (Å²) in [5, 5.41) is 0. The maximum atomic E-state index is 12.8. The van der Waals surface area contributed by atoms with Gasteiger partial charge in [0.25, 0.3) is 11.9 Å². The number of nitrogens with zero attached hydrogens (tertiary/aromatic N) is 1. The van der Waals surface area contributed by atoms with Crippen LogP contribution in [0.4, 0.5) is 0 Å². The van der Waals surface area contributed by atoms with Gasteiger partial charge >= 0.3 is 11.9 Å². The van der Waals surface area contributed by atoms with Gasteiger partial charge in [-0.2, -0.15) is 0 Å². The van der Waals surface area contributed by atoms with E-state index < -0.39 is 11.9 Å². The molecule has 1 aliphatic carbocycles. The Morgan fingerprint density at radius 1 is 0.667 bits per heavy atom. The Bertz CT molecular complexity index is 613. The van der Waals surface area contributed by atoms with Crippen LogP contribution in [0.1, 0.15) is 71.6 Å². The molecule has 0 aromatic rings. The Balaban J connectivity index is 2.61. The third-order valence-electron chi connectivity index (χ3n) is 7.52. The van der Waals surface area contributed by atoms with Crippen molar-refractivity contribution in [2.45, 2.75) is 89.6 Å². The Labute approximate surface area is 235 Å². The van der Waals surface area contributed by atoms with E-state index in [1.165, 1.54) is 49.1 Å². The molecule has 0 aliphatic heterocycles. The Morgan fingerprint density at radius 3 is 1.36 bits per heavy atom. The zero-order valence-electron chi connectivity index (χ0n) is 25.5. The van der Waals surface area contributed by atoms with Crippen LogP contribution in [0.15, 0.2) is 0 Å². The molecule has 0 heterocycles. The summed E-state index contributed by atoms with van der Waals surface area (Å²) in [7, 11) is 9.04. The monoisotopic (exact) mass is 563 g/mol. The lowest BCUT2D eigenvalue weighted by atomic mass is 9.92. The molecule has 0 N–H and O–H groups in total. The molecule has 0 saturated heterocycles. The minimum absolute atomic E-state index is 0.240. The molecule has 2 unspecified atom stereocenters. The number of carbonyl (C=O) groups is 2. The smallest absolute Gasteiger partial charge is 0.309 e. The Hall–Kier alpha value is -1.34. The molecule has 2 atom stereocenters. The van der Waals surface area contributed by atoms with Gasteiger partial charge in [-0.1, -0.05) is 33.1 Å². The van der Waals surface area contributed by atoms with Crippen molar-refractivity contribution in [1.29, 1.82) is 0 Å². The average molecular weight is 564 g/mol. The second kappa shape index (κ2) is 18.9. The van der Waals surface area contributed by atoms with Crippen molar-refractivity contribution >= 4 is 11.9 Å². The summed E-state index contributed by atoms with van der Waals surface area (Å²) < 4.78 is 42.8. The minimum Gasteiger partial charge on any atom is -0.465 e. The van der Waals surface area contributed by atoms with Crippen LogP contribution in [0, 0.1) is 11.8 Å². The first-order valence-corrected chi connectivity index (χ1v) is 14.0. The number of carbonyl (C=O) groups excluding carboxylic acids is 2. The molecule has 1 aliphatic rings. The van der Waals surface area contributed by atoms with Crippen LogP contribution in [-0.2, 0) is 47.5 Å². The van der Waals surface area contributed by atoms with Crippen molar-refractivity contribution in [2.24, 2.45) is 11.8 Å². The molecule has 1 saturated carbocycles. The van der Waals surface area contributed by atoms with Crippen molar-refractivity contribution in [3.05, 3.63) is 0 Å². The quantitative estimate of drug-likeness (QED) is 0.116. The largest absolute Gasteiger partial charge is 0.465 e. The number of esters is 2.